The number of rotatable bonds is 8. The van der Waals surface area contributed by atoms with E-state index in [9.17, 15) is 13.2 Å². The molecule has 39 heavy (non-hydrogen) atoms. The Morgan fingerprint density at radius 1 is 1.03 bits per heavy atom. The smallest absolute Gasteiger partial charge is 0.410 e. The number of carbonyl (C=O) groups excluding carboxylic acids is 1. The summed E-state index contributed by atoms with van der Waals surface area (Å²) in [6.45, 7) is 13.7. The molecule has 2 aliphatic rings. The Bertz CT molecular complexity index is 1240. The minimum absolute atomic E-state index is 0.145. The van der Waals surface area contributed by atoms with Crippen LogP contribution in [0.5, 0.6) is 0 Å². The molecule has 8 heteroatoms. The lowest BCUT2D eigenvalue weighted by molar-refractivity contribution is -0.0179. The van der Waals surface area contributed by atoms with E-state index in [0.29, 0.717) is 12.0 Å². The molecular weight excluding hydrogens is 510 g/mol. The summed E-state index contributed by atoms with van der Waals surface area (Å²) in [5.41, 5.74) is 3.14. The van der Waals surface area contributed by atoms with Crippen LogP contribution in [0.2, 0.25) is 0 Å². The number of benzene rings is 2. The van der Waals surface area contributed by atoms with E-state index < -0.39 is 15.6 Å². The molecule has 214 valence electrons. The number of amides is 1. The minimum atomic E-state index is -3.63. The third kappa shape index (κ3) is 7.41. The van der Waals surface area contributed by atoms with Gasteiger partial charge in [-0.25, -0.2) is 17.9 Å². The predicted octanol–water partition coefficient (Wildman–Crippen LogP) is 5.91. The summed E-state index contributed by atoms with van der Waals surface area (Å²) in [5, 5.41) is 3.80. The van der Waals surface area contributed by atoms with Crippen LogP contribution in [0.15, 0.2) is 53.4 Å². The number of piperidine rings is 1. The first kappa shape index (κ1) is 29.6. The number of hydrogen-bond donors (Lipinski definition) is 2. The van der Waals surface area contributed by atoms with E-state index in [1.165, 1.54) is 5.56 Å². The third-order valence-corrected chi connectivity index (χ3v) is 9.51. The fourth-order valence-electron chi connectivity index (χ4n) is 5.89. The highest BCUT2D eigenvalue weighted by atomic mass is 32.2. The molecule has 2 aromatic rings. The van der Waals surface area contributed by atoms with Gasteiger partial charge in [0, 0.05) is 31.7 Å². The first-order chi connectivity index (χ1) is 18.3. The maximum absolute atomic E-state index is 13.1. The zero-order valence-corrected chi connectivity index (χ0v) is 25.1. The molecule has 0 aromatic heterocycles. The normalized spacial score (nSPS) is 18.7. The van der Waals surface area contributed by atoms with Gasteiger partial charge in [-0.05, 0) is 88.0 Å². The minimum Gasteiger partial charge on any atom is -0.444 e. The summed E-state index contributed by atoms with van der Waals surface area (Å²) in [6, 6.07) is 15.4. The number of ether oxygens (including phenoxy) is 1. The summed E-state index contributed by atoms with van der Waals surface area (Å²) in [7, 11) is -3.63. The largest absolute Gasteiger partial charge is 0.444 e. The van der Waals surface area contributed by atoms with Crippen LogP contribution in [-0.2, 0) is 14.8 Å². The number of hydrogen-bond acceptors (Lipinski definition) is 5. The second-order valence-corrected chi connectivity index (χ2v) is 14.5. The van der Waals surface area contributed by atoms with Crippen molar-refractivity contribution in [3.8, 4) is 0 Å². The van der Waals surface area contributed by atoms with Gasteiger partial charge in [0.25, 0.3) is 0 Å². The van der Waals surface area contributed by atoms with Gasteiger partial charge in [-0.1, -0.05) is 55.8 Å². The Kier molecular flexibility index (Phi) is 8.79. The van der Waals surface area contributed by atoms with Crippen LogP contribution in [0.4, 0.5) is 4.79 Å². The van der Waals surface area contributed by atoms with Crippen LogP contribution in [0.25, 0.3) is 0 Å². The van der Waals surface area contributed by atoms with E-state index in [1.807, 2.05) is 56.9 Å². The molecule has 1 aliphatic heterocycles. The van der Waals surface area contributed by atoms with Crippen LogP contribution in [0, 0.1) is 12.3 Å². The molecule has 1 atom stereocenters. The number of sulfonamides is 1. The Balaban J connectivity index is 1.42. The Labute approximate surface area is 234 Å². The third-order valence-electron chi connectivity index (χ3n) is 8.07. The molecule has 1 spiro atoms. The molecule has 1 aliphatic carbocycles. The molecule has 0 radical (unpaired) electrons. The van der Waals surface area contributed by atoms with E-state index in [-0.39, 0.29) is 29.0 Å². The summed E-state index contributed by atoms with van der Waals surface area (Å²) in [4.78, 5) is 14.6. The van der Waals surface area contributed by atoms with Crippen molar-refractivity contribution in [3.05, 3.63) is 65.2 Å². The fourth-order valence-corrected chi connectivity index (χ4v) is 6.94. The van der Waals surface area contributed by atoms with Crippen LogP contribution in [0.1, 0.15) is 89.0 Å². The van der Waals surface area contributed by atoms with Crippen LogP contribution >= 0.6 is 0 Å². The molecule has 2 fully saturated rings. The van der Waals surface area contributed by atoms with Crippen LogP contribution in [-0.4, -0.2) is 50.7 Å². The first-order valence-electron chi connectivity index (χ1n) is 14.2. The summed E-state index contributed by atoms with van der Waals surface area (Å²) < 4.78 is 34.6. The van der Waals surface area contributed by atoms with Gasteiger partial charge < -0.3 is 15.0 Å². The molecule has 7 nitrogen and oxygen atoms in total. The number of nitrogens with zero attached hydrogens (tertiary/aromatic N) is 1. The molecule has 1 saturated carbocycles. The van der Waals surface area contributed by atoms with Gasteiger partial charge >= 0.3 is 6.09 Å². The van der Waals surface area contributed by atoms with Crippen molar-refractivity contribution in [3.63, 3.8) is 0 Å². The number of carbonyl (C=O) groups is 1. The molecular formula is C31H45N3O4S. The maximum atomic E-state index is 13.1. The molecule has 1 unspecified atom stereocenters. The van der Waals surface area contributed by atoms with Gasteiger partial charge in [0.1, 0.15) is 5.60 Å². The van der Waals surface area contributed by atoms with Crippen LogP contribution < -0.4 is 10.0 Å². The van der Waals surface area contributed by atoms with Crippen molar-refractivity contribution in [1.29, 1.82) is 0 Å². The van der Waals surface area contributed by atoms with E-state index in [0.717, 1.165) is 49.9 Å². The zero-order valence-electron chi connectivity index (χ0n) is 24.3. The number of nitrogens with one attached hydrogen (secondary N) is 2. The Morgan fingerprint density at radius 2 is 1.62 bits per heavy atom. The summed E-state index contributed by atoms with van der Waals surface area (Å²) in [5.74, 6) is 0.323. The highest BCUT2D eigenvalue weighted by Gasteiger charge is 2.47. The number of likely N-dealkylation sites (tertiary alicyclic amines) is 1. The Hall–Kier alpha value is -2.42. The molecule has 0 bridgehead atoms. The van der Waals surface area contributed by atoms with Crippen molar-refractivity contribution in [1.82, 2.24) is 14.9 Å². The van der Waals surface area contributed by atoms with Gasteiger partial charge in [0.15, 0.2) is 0 Å². The topological polar surface area (TPSA) is 87.7 Å². The van der Waals surface area contributed by atoms with E-state index >= 15 is 0 Å². The van der Waals surface area contributed by atoms with Crippen molar-refractivity contribution in [2.75, 3.05) is 19.6 Å². The lowest BCUT2D eigenvalue weighted by Gasteiger charge is -2.53. The van der Waals surface area contributed by atoms with Gasteiger partial charge in [0.2, 0.25) is 10.0 Å². The first-order valence-corrected chi connectivity index (χ1v) is 15.6. The standard InChI is InChI=1S/C31H45N3O4S/c1-22(2)26-9-7-8-10-27(26)28(21-32-39(36,37)25-13-11-23(3)12-14-25)33-24-19-31(20-24)15-17-34(18-16-31)29(35)38-30(4,5)6/h7-14,22,24,28,32-33H,15-21H2,1-6H3. The average Bonchev–Trinajstić information content (AvgIpc) is 2.85. The SMILES string of the molecule is Cc1ccc(S(=O)(=O)NCC(NC2CC3(CCN(C(=O)OC(C)(C)C)CC3)C2)c2ccccc2C(C)C)cc1. The predicted molar refractivity (Wildman–Crippen MR) is 155 cm³/mol. The van der Waals surface area contributed by atoms with Gasteiger partial charge in [-0.3, -0.25) is 0 Å². The van der Waals surface area contributed by atoms with Gasteiger partial charge in [-0.2, -0.15) is 0 Å². The van der Waals surface area contributed by atoms with Crippen LogP contribution in [0.3, 0.4) is 0 Å². The van der Waals surface area contributed by atoms with Gasteiger partial charge in [0.05, 0.1) is 4.90 Å². The molecule has 4 rings (SSSR count). The zero-order chi connectivity index (χ0) is 28.4. The lowest BCUT2D eigenvalue weighted by atomic mass is 9.60. The molecule has 2 aromatic carbocycles. The van der Waals surface area contributed by atoms with E-state index in [4.69, 9.17) is 4.74 Å². The van der Waals surface area contributed by atoms with Crippen molar-refractivity contribution in [2.24, 2.45) is 5.41 Å². The second-order valence-electron chi connectivity index (χ2n) is 12.7. The summed E-state index contributed by atoms with van der Waals surface area (Å²) >= 11 is 0. The Morgan fingerprint density at radius 3 is 2.18 bits per heavy atom. The quantitative estimate of drug-likeness (QED) is 0.423. The maximum Gasteiger partial charge on any atom is 0.410 e. The highest BCUT2D eigenvalue weighted by Crippen LogP contribution is 2.49. The lowest BCUT2D eigenvalue weighted by Crippen LogP contribution is -2.56. The van der Waals surface area contributed by atoms with Crippen molar-refractivity contribution >= 4 is 16.1 Å². The highest BCUT2D eigenvalue weighted by molar-refractivity contribution is 7.89. The fraction of sp³-hybridized carbons (Fsp3) is 0.581. The molecule has 1 saturated heterocycles. The van der Waals surface area contributed by atoms with E-state index in [2.05, 4.69) is 36.0 Å². The molecule has 1 amide bonds. The number of aryl methyl sites for hydroxylation is 1. The van der Waals surface area contributed by atoms with Crippen molar-refractivity contribution in [2.45, 2.75) is 95.7 Å². The summed E-state index contributed by atoms with van der Waals surface area (Å²) in [6.07, 6.45) is 3.77. The second kappa shape index (κ2) is 11.6. The van der Waals surface area contributed by atoms with E-state index in [1.54, 1.807) is 12.1 Å². The monoisotopic (exact) mass is 555 g/mol. The van der Waals surface area contributed by atoms with Gasteiger partial charge in [-0.15, -0.1) is 0 Å². The average molecular weight is 556 g/mol. The molecule has 2 N–H and O–H groups in total. The van der Waals surface area contributed by atoms with Crippen molar-refractivity contribution < 1.29 is 17.9 Å². The molecule has 1 heterocycles.